The van der Waals surface area contributed by atoms with Crippen molar-refractivity contribution in [3.63, 3.8) is 0 Å². The van der Waals surface area contributed by atoms with Crippen LogP contribution in [-0.4, -0.2) is 42.2 Å². The average Bonchev–Trinajstić information content (AvgIpc) is 2.87. The van der Waals surface area contributed by atoms with Crippen LogP contribution in [0.2, 0.25) is 0 Å². The van der Waals surface area contributed by atoms with Crippen molar-refractivity contribution in [2.75, 3.05) is 21.3 Å². The number of nitrogens with zero attached hydrogens (tertiary/aromatic N) is 2. The molecule has 2 rings (SSSR count). The molecule has 0 bridgehead atoms. The SMILES string of the molecule is COc1ccc(OC)c(-c2cc(C(=O)O)nn2C)c1OC. The van der Waals surface area contributed by atoms with Crippen LogP contribution in [0, 0.1) is 0 Å². The minimum atomic E-state index is -1.10. The molecule has 112 valence electrons. The van der Waals surface area contributed by atoms with E-state index >= 15 is 0 Å². The Morgan fingerprint density at radius 3 is 2.24 bits per heavy atom. The summed E-state index contributed by atoms with van der Waals surface area (Å²) in [6.45, 7) is 0. The molecule has 1 heterocycles. The monoisotopic (exact) mass is 292 g/mol. The number of methoxy groups -OCH3 is 3. The van der Waals surface area contributed by atoms with Crippen LogP contribution in [-0.2, 0) is 7.05 Å². The molecule has 21 heavy (non-hydrogen) atoms. The van der Waals surface area contributed by atoms with Crippen molar-refractivity contribution >= 4 is 5.97 Å². The highest BCUT2D eigenvalue weighted by Crippen LogP contribution is 2.44. The van der Waals surface area contributed by atoms with Crippen LogP contribution in [0.25, 0.3) is 11.3 Å². The fourth-order valence-corrected chi connectivity index (χ4v) is 2.13. The molecule has 0 atom stereocenters. The van der Waals surface area contributed by atoms with Gasteiger partial charge in [0.25, 0.3) is 0 Å². The van der Waals surface area contributed by atoms with Gasteiger partial charge in [-0.3, -0.25) is 4.68 Å². The molecule has 2 aromatic rings. The van der Waals surface area contributed by atoms with Gasteiger partial charge >= 0.3 is 5.97 Å². The molecule has 0 spiro atoms. The number of aromatic carboxylic acids is 1. The summed E-state index contributed by atoms with van der Waals surface area (Å²) in [6, 6.07) is 4.90. The largest absolute Gasteiger partial charge is 0.496 e. The molecular weight excluding hydrogens is 276 g/mol. The van der Waals surface area contributed by atoms with Crippen molar-refractivity contribution in [3.8, 4) is 28.5 Å². The van der Waals surface area contributed by atoms with Crippen LogP contribution in [0.1, 0.15) is 10.5 Å². The van der Waals surface area contributed by atoms with E-state index in [1.54, 1.807) is 19.2 Å². The molecule has 7 heteroatoms. The highest BCUT2D eigenvalue weighted by atomic mass is 16.5. The lowest BCUT2D eigenvalue weighted by atomic mass is 10.1. The summed E-state index contributed by atoms with van der Waals surface area (Å²) in [5, 5.41) is 13.0. The normalized spacial score (nSPS) is 10.3. The van der Waals surface area contributed by atoms with E-state index in [9.17, 15) is 4.79 Å². The van der Waals surface area contributed by atoms with Crippen LogP contribution in [0.15, 0.2) is 18.2 Å². The molecule has 0 amide bonds. The van der Waals surface area contributed by atoms with Gasteiger partial charge in [-0.2, -0.15) is 5.10 Å². The third kappa shape index (κ3) is 2.49. The number of ether oxygens (including phenoxy) is 3. The summed E-state index contributed by atoms with van der Waals surface area (Å²) in [7, 11) is 6.22. The molecule has 1 aromatic carbocycles. The topological polar surface area (TPSA) is 82.8 Å². The van der Waals surface area contributed by atoms with Gasteiger partial charge in [0.2, 0.25) is 0 Å². The second kappa shape index (κ2) is 5.74. The number of hydrogen-bond acceptors (Lipinski definition) is 5. The number of carbonyl (C=O) groups is 1. The lowest BCUT2D eigenvalue weighted by Crippen LogP contribution is -2.01. The van der Waals surface area contributed by atoms with Gasteiger partial charge in [-0.05, 0) is 18.2 Å². The minimum Gasteiger partial charge on any atom is -0.496 e. The Kier molecular flexibility index (Phi) is 4.02. The van der Waals surface area contributed by atoms with Crippen LogP contribution in [0.4, 0.5) is 0 Å². The quantitative estimate of drug-likeness (QED) is 0.905. The van der Waals surface area contributed by atoms with Gasteiger partial charge in [0.15, 0.2) is 17.2 Å². The van der Waals surface area contributed by atoms with Crippen molar-refractivity contribution in [1.82, 2.24) is 9.78 Å². The molecule has 7 nitrogen and oxygen atoms in total. The number of aryl methyl sites for hydroxylation is 1. The van der Waals surface area contributed by atoms with Crippen molar-refractivity contribution in [2.45, 2.75) is 0 Å². The lowest BCUT2D eigenvalue weighted by molar-refractivity contribution is 0.0689. The second-order valence-electron chi connectivity index (χ2n) is 4.22. The minimum absolute atomic E-state index is 0.0561. The number of aromatic nitrogens is 2. The van der Waals surface area contributed by atoms with Crippen LogP contribution >= 0.6 is 0 Å². The summed E-state index contributed by atoms with van der Waals surface area (Å²) in [5.74, 6) is 0.411. The van der Waals surface area contributed by atoms with Gasteiger partial charge in [0.05, 0.1) is 32.6 Å². The first-order valence-electron chi connectivity index (χ1n) is 6.10. The molecule has 1 N–H and O–H groups in total. The first-order chi connectivity index (χ1) is 10.0. The number of rotatable bonds is 5. The Morgan fingerprint density at radius 2 is 1.76 bits per heavy atom. The zero-order valence-corrected chi connectivity index (χ0v) is 12.2. The van der Waals surface area contributed by atoms with E-state index < -0.39 is 5.97 Å². The van der Waals surface area contributed by atoms with Crippen LogP contribution in [0.5, 0.6) is 17.2 Å². The third-order valence-corrected chi connectivity index (χ3v) is 3.08. The predicted octanol–water partition coefficient (Wildman–Crippen LogP) is 1.81. The molecule has 0 aliphatic carbocycles. The highest BCUT2D eigenvalue weighted by molar-refractivity contribution is 5.88. The molecule has 0 aliphatic rings. The molecule has 0 unspecified atom stereocenters. The summed E-state index contributed by atoms with van der Waals surface area (Å²) in [5.41, 5.74) is 1.08. The van der Waals surface area contributed by atoms with Gasteiger partial charge in [-0.25, -0.2) is 4.79 Å². The molecule has 0 radical (unpaired) electrons. The average molecular weight is 292 g/mol. The first kappa shape index (κ1) is 14.7. The maximum absolute atomic E-state index is 11.1. The van der Waals surface area contributed by atoms with E-state index in [2.05, 4.69) is 5.10 Å². The highest BCUT2D eigenvalue weighted by Gasteiger charge is 2.22. The maximum Gasteiger partial charge on any atom is 0.356 e. The van der Waals surface area contributed by atoms with Gasteiger partial charge < -0.3 is 19.3 Å². The van der Waals surface area contributed by atoms with Crippen LogP contribution in [0.3, 0.4) is 0 Å². The van der Waals surface area contributed by atoms with Crippen molar-refractivity contribution in [1.29, 1.82) is 0 Å². The number of benzene rings is 1. The Bertz CT molecular complexity index is 678. The predicted molar refractivity (Wildman–Crippen MR) is 75.3 cm³/mol. The number of carboxylic acid groups (broad SMARTS) is 1. The fraction of sp³-hybridized carbons (Fsp3) is 0.286. The van der Waals surface area contributed by atoms with E-state index in [-0.39, 0.29) is 5.69 Å². The summed E-state index contributed by atoms with van der Waals surface area (Å²) >= 11 is 0. The Morgan fingerprint density at radius 1 is 1.14 bits per heavy atom. The summed E-state index contributed by atoms with van der Waals surface area (Å²) in [6.07, 6.45) is 0. The van der Waals surface area contributed by atoms with E-state index in [1.807, 2.05) is 0 Å². The van der Waals surface area contributed by atoms with E-state index in [0.29, 0.717) is 28.5 Å². The first-order valence-corrected chi connectivity index (χ1v) is 6.10. The van der Waals surface area contributed by atoms with Gasteiger partial charge in [0.1, 0.15) is 5.75 Å². The summed E-state index contributed by atoms with van der Waals surface area (Å²) in [4.78, 5) is 11.1. The zero-order valence-electron chi connectivity index (χ0n) is 12.2. The lowest BCUT2D eigenvalue weighted by Gasteiger charge is -2.16. The molecular formula is C14H16N2O5. The van der Waals surface area contributed by atoms with Crippen molar-refractivity contribution < 1.29 is 24.1 Å². The third-order valence-electron chi connectivity index (χ3n) is 3.08. The standard InChI is InChI=1S/C14H16N2O5/c1-16-9(7-8(15-16)14(17)18)12-10(19-2)5-6-11(20-3)13(12)21-4/h5-7H,1-4H3,(H,17,18). The summed E-state index contributed by atoms with van der Waals surface area (Å²) < 4.78 is 17.5. The zero-order chi connectivity index (χ0) is 15.6. The molecule has 0 saturated carbocycles. The smallest absolute Gasteiger partial charge is 0.356 e. The Labute approximate surface area is 121 Å². The van der Waals surface area contributed by atoms with E-state index in [0.717, 1.165) is 0 Å². The van der Waals surface area contributed by atoms with Crippen molar-refractivity contribution in [3.05, 3.63) is 23.9 Å². The van der Waals surface area contributed by atoms with E-state index in [4.69, 9.17) is 19.3 Å². The number of hydrogen-bond donors (Lipinski definition) is 1. The maximum atomic E-state index is 11.1. The Hall–Kier alpha value is -2.70. The molecule has 0 fully saturated rings. The molecule has 1 aromatic heterocycles. The van der Waals surface area contributed by atoms with Gasteiger partial charge in [0, 0.05) is 7.05 Å². The number of carboxylic acids is 1. The van der Waals surface area contributed by atoms with Crippen LogP contribution < -0.4 is 14.2 Å². The molecule has 0 saturated heterocycles. The van der Waals surface area contributed by atoms with Crippen molar-refractivity contribution in [2.24, 2.45) is 7.05 Å². The van der Waals surface area contributed by atoms with Gasteiger partial charge in [-0.1, -0.05) is 0 Å². The second-order valence-corrected chi connectivity index (χ2v) is 4.22. The van der Waals surface area contributed by atoms with Gasteiger partial charge in [-0.15, -0.1) is 0 Å². The fourth-order valence-electron chi connectivity index (χ4n) is 2.13. The Balaban J connectivity index is 2.74. The van der Waals surface area contributed by atoms with E-state index in [1.165, 1.54) is 32.1 Å². The molecule has 0 aliphatic heterocycles.